The highest BCUT2D eigenvalue weighted by molar-refractivity contribution is 6.33. The lowest BCUT2D eigenvalue weighted by Gasteiger charge is -2.36. The topological polar surface area (TPSA) is 41.4 Å². The van der Waals surface area contributed by atoms with Crippen molar-refractivity contribution in [1.82, 2.24) is 14.7 Å². The summed E-state index contributed by atoms with van der Waals surface area (Å²) in [6.07, 6.45) is 0. The molecule has 1 aromatic heterocycles. The number of amides is 1. The van der Waals surface area contributed by atoms with Crippen molar-refractivity contribution < 1.29 is 9.18 Å². The third-order valence-corrected chi connectivity index (χ3v) is 5.99. The van der Waals surface area contributed by atoms with E-state index >= 15 is 0 Å². The smallest absolute Gasteiger partial charge is 0.259 e. The number of rotatable bonds is 4. The zero-order valence-corrected chi connectivity index (χ0v) is 18.0. The van der Waals surface area contributed by atoms with Crippen LogP contribution in [0.2, 0.25) is 10.2 Å². The molecule has 0 atom stereocenters. The molecule has 1 aliphatic heterocycles. The minimum atomic E-state index is -0.298. The number of piperazine rings is 1. The first-order chi connectivity index (χ1) is 14.4. The summed E-state index contributed by atoms with van der Waals surface area (Å²) in [4.78, 5) is 17.1. The average Bonchev–Trinajstić information content (AvgIpc) is 3.02. The first kappa shape index (κ1) is 20.7. The second-order valence-electron chi connectivity index (χ2n) is 7.27. The molecule has 5 nitrogen and oxygen atoms in total. The molecule has 0 N–H and O–H groups in total. The second-order valence-corrected chi connectivity index (χ2v) is 8.03. The number of aryl methyl sites for hydroxylation is 1. The number of carbonyl (C=O) groups is 1. The summed E-state index contributed by atoms with van der Waals surface area (Å²) in [7, 11) is 0. The molecule has 0 bridgehead atoms. The molecule has 30 heavy (non-hydrogen) atoms. The standard InChI is InChI=1S/C22H21Cl2FN4O/c1-15-20(21(24)29(26-15)14-16-6-8-17(25)9-7-16)22(30)28-12-10-27(11-13-28)19-5-3-2-4-18(19)23/h2-9H,10-14H2,1H3. The SMILES string of the molecule is Cc1nn(Cc2ccc(F)cc2)c(Cl)c1C(=O)N1CCN(c2ccccc2Cl)CC1. The molecule has 2 aromatic carbocycles. The molecule has 1 saturated heterocycles. The van der Waals surface area contributed by atoms with Crippen LogP contribution in [0.3, 0.4) is 0 Å². The molecule has 4 rings (SSSR count). The molecule has 0 unspecified atom stereocenters. The molecule has 1 fully saturated rings. The molecule has 1 amide bonds. The molecule has 0 radical (unpaired) electrons. The third-order valence-electron chi connectivity index (χ3n) is 5.28. The number of hydrogen-bond acceptors (Lipinski definition) is 3. The van der Waals surface area contributed by atoms with Gasteiger partial charge in [-0.25, -0.2) is 9.07 Å². The van der Waals surface area contributed by atoms with E-state index in [1.807, 2.05) is 24.3 Å². The van der Waals surface area contributed by atoms with Crippen LogP contribution in [0, 0.1) is 12.7 Å². The van der Waals surface area contributed by atoms with Gasteiger partial charge in [-0.3, -0.25) is 4.79 Å². The lowest BCUT2D eigenvalue weighted by atomic mass is 10.2. The summed E-state index contributed by atoms with van der Waals surface area (Å²) < 4.78 is 14.7. The predicted octanol–water partition coefficient (Wildman–Crippen LogP) is 4.65. The van der Waals surface area contributed by atoms with E-state index in [1.165, 1.54) is 12.1 Å². The summed E-state index contributed by atoms with van der Waals surface area (Å²) in [5.41, 5.74) is 2.84. The number of carbonyl (C=O) groups excluding carboxylic acids is 1. The summed E-state index contributed by atoms with van der Waals surface area (Å²) in [5.74, 6) is -0.421. The summed E-state index contributed by atoms with van der Waals surface area (Å²) in [6, 6.07) is 13.9. The molecule has 2 heterocycles. The molecular weight excluding hydrogens is 426 g/mol. The maximum atomic E-state index is 13.2. The van der Waals surface area contributed by atoms with Gasteiger partial charge in [-0.15, -0.1) is 0 Å². The lowest BCUT2D eigenvalue weighted by Crippen LogP contribution is -2.49. The molecule has 0 spiro atoms. The van der Waals surface area contributed by atoms with Crippen LogP contribution in [0.1, 0.15) is 21.6 Å². The van der Waals surface area contributed by atoms with E-state index < -0.39 is 0 Å². The Morgan fingerprint density at radius 2 is 1.70 bits per heavy atom. The van der Waals surface area contributed by atoms with Gasteiger partial charge in [0.1, 0.15) is 11.0 Å². The van der Waals surface area contributed by atoms with Crippen LogP contribution < -0.4 is 4.90 Å². The average molecular weight is 447 g/mol. The van der Waals surface area contributed by atoms with Gasteiger partial charge in [0.05, 0.1) is 28.5 Å². The number of nitrogens with zero attached hydrogens (tertiary/aromatic N) is 4. The van der Waals surface area contributed by atoms with Crippen LogP contribution in [0.25, 0.3) is 0 Å². The van der Waals surface area contributed by atoms with Gasteiger partial charge in [0.2, 0.25) is 0 Å². The van der Waals surface area contributed by atoms with Crippen LogP contribution in [0.4, 0.5) is 10.1 Å². The van der Waals surface area contributed by atoms with E-state index in [4.69, 9.17) is 23.2 Å². The lowest BCUT2D eigenvalue weighted by molar-refractivity contribution is 0.0746. The van der Waals surface area contributed by atoms with Gasteiger partial charge >= 0.3 is 0 Å². The van der Waals surface area contributed by atoms with Gasteiger partial charge < -0.3 is 9.80 Å². The second kappa shape index (κ2) is 8.66. The molecule has 0 saturated carbocycles. The zero-order valence-electron chi connectivity index (χ0n) is 16.5. The van der Waals surface area contributed by atoms with Crippen LogP contribution in [0.5, 0.6) is 0 Å². The van der Waals surface area contributed by atoms with Gasteiger partial charge in [-0.1, -0.05) is 47.5 Å². The molecule has 3 aromatic rings. The van der Waals surface area contributed by atoms with Crippen molar-refractivity contribution in [2.45, 2.75) is 13.5 Å². The molecule has 8 heteroatoms. The minimum Gasteiger partial charge on any atom is -0.367 e. The normalized spacial score (nSPS) is 14.3. The zero-order chi connectivity index (χ0) is 21.3. The Hall–Kier alpha value is -2.57. The van der Waals surface area contributed by atoms with E-state index in [0.717, 1.165) is 11.3 Å². The van der Waals surface area contributed by atoms with Gasteiger partial charge in [-0.2, -0.15) is 5.10 Å². The van der Waals surface area contributed by atoms with Gasteiger partial charge in [0, 0.05) is 26.2 Å². The maximum absolute atomic E-state index is 13.2. The van der Waals surface area contributed by atoms with Crippen LogP contribution in [-0.2, 0) is 6.54 Å². The highest BCUT2D eigenvalue weighted by Gasteiger charge is 2.28. The first-order valence-electron chi connectivity index (χ1n) is 9.70. The van der Waals surface area contributed by atoms with Crippen molar-refractivity contribution in [2.75, 3.05) is 31.1 Å². The van der Waals surface area contributed by atoms with Crippen LogP contribution >= 0.6 is 23.2 Å². The van der Waals surface area contributed by atoms with Crippen molar-refractivity contribution in [3.63, 3.8) is 0 Å². The minimum absolute atomic E-state index is 0.123. The fourth-order valence-corrected chi connectivity index (χ4v) is 4.25. The highest BCUT2D eigenvalue weighted by atomic mass is 35.5. The van der Waals surface area contributed by atoms with E-state index in [1.54, 1.807) is 28.6 Å². The molecule has 0 aliphatic carbocycles. The number of para-hydroxylation sites is 1. The Morgan fingerprint density at radius 1 is 1.03 bits per heavy atom. The van der Waals surface area contributed by atoms with Crippen molar-refractivity contribution in [3.05, 3.63) is 81.3 Å². The van der Waals surface area contributed by atoms with Crippen molar-refractivity contribution in [1.29, 1.82) is 0 Å². The van der Waals surface area contributed by atoms with E-state index in [-0.39, 0.29) is 11.7 Å². The molecule has 156 valence electrons. The summed E-state index contributed by atoms with van der Waals surface area (Å²) in [5, 5.41) is 5.44. The van der Waals surface area contributed by atoms with Gasteiger partial charge in [0.15, 0.2) is 0 Å². The Kier molecular flexibility index (Phi) is 5.97. The number of hydrogen-bond donors (Lipinski definition) is 0. The van der Waals surface area contributed by atoms with Gasteiger partial charge in [0.25, 0.3) is 5.91 Å². The largest absolute Gasteiger partial charge is 0.367 e. The van der Waals surface area contributed by atoms with Gasteiger partial charge in [-0.05, 0) is 36.8 Å². The number of aromatic nitrogens is 2. The quantitative estimate of drug-likeness (QED) is 0.585. The van der Waals surface area contributed by atoms with Crippen LogP contribution in [0.15, 0.2) is 48.5 Å². The fourth-order valence-electron chi connectivity index (χ4n) is 3.68. The summed E-state index contributed by atoms with van der Waals surface area (Å²) in [6.45, 7) is 4.67. The fraction of sp³-hybridized carbons (Fsp3) is 0.273. The van der Waals surface area contributed by atoms with Crippen LogP contribution in [-0.4, -0.2) is 46.8 Å². The third kappa shape index (κ3) is 4.16. The highest BCUT2D eigenvalue weighted by Crippen LogP contribution is 2.27. The maximum Gasteiger partial charge on any atom is 0.259 e. The van der Waals surface area contributed by atoms with E-state index in [0.29, 0.717) is 54.2 Å². The van der Waals surface area contributed by atoms with Crippen molar-refractivity contribution in [2.24, 2.45) is 0 Å². The Morgan fingerprint density at radius 3 is 2.37 bits per heavy atom. The number of anilines is 1. The Labute approximate surface area is 184 Å². The first-order valence-corrected chi connectivity index (χ1v) is 10.5. The summed E-state index contributed by atoms with van der Waals surface area (Å²) >= 11 is 12.8. The molecule has 1 aliphatic rings. The predicted molar refractivity (Wildman–Crippen MR) is 117 cm³/mol. The van der Waals surface area contributed by atoms with Crippen molar-refractivity contribution >= 4 is 34.8 Å². The number of benzene rings is 2. The van der Waals surface area contributed by atoms with Crippen molar-refractivity contribution in [3.8, 4) is 0 Å². The number of halogens is 3. The van der Waals surface area contributed by atoms with E-state index in [9.17, 15) is 9.18 Å². The van der Waals surface area contributed by atoms with E-state index in [2.05, 4.69) is 10.00 Å². The molecular formula is C22H21Cl2FN4O. The Balaban J connectivity index is 1.47. The monoisotopic (exact) mass is 446 g/mol. The Bertz CT molecular complexity index is 1060.